The Hall–Kier alpha value is -3.79. The zero-order valence-corrected chi connectivity index (χ0v) is 53.1. The van der Waals surface area contributed by atoms with E-state index >= 15 is 0 Å². The Balaban J connectivity index is 4.07. The van der Waals surface area contributed by atoms with Crippen molar-refractivity contribution in [3.8, 4) is 0 Å². The van der Waals surface area contributed by atoms with Gasteiger partial charge in [-0.2, -0.15) is 0 Å². The molecule has 0 aromatic heterocycles. The number of rotatable bonds is 61. The van der Waals surface area contributed by atoms with E-state index < -0.39 is 24.3 Å². The molecular weight excluding hydrogens is 1010 g/mol. The van der Waals surface area contributed by atoms with Crippen LogP contribution in [0, 0.1) is 0 Å². The van der Waals surface area contributed by atoms with Crippen LogP contribution in [0.4, 0.5) is 0 Å². The second-order valence-corrected chi connectivity index (χ2v) is 23.4. The molecule has 0 fully saturated rings. The third kappa shape index (κ3) is 63.6. The number of allylic oxidation sites excluding steroid dienone is 16. The quantitative estimate of drug-likeness (QED) is 0.0195. The summed E-state index contributed by atoms with van der Waals surface area (Å²) in [7, 11) is 5.90. The number of hydrogen-bond donors (Lipinski definition) is 0. The van der Waals surface area contributed by atoms with E-state index in [0.717, 1.165) is 64.2 Å². The van der Waals surface area contributed by atoms with E-state index in [9.17, 15) is 19.5 Å². The van der Waals surface area contributed by atoms with Gasteiger partial charge < -0.3 is 33.3 Å². The van der Waals surface area contributed by atoms with Crippen LogP contribution in [0.25, 0.3) is 0 Å². The Labute approximate surface area is 499 Å². The van der Waals surface area contributed by atoms with Gasteiger partial charge in [-0.05, 0) is 83.5 Å². The smallest absolute Gasteiger partial charge is 0.306 e. The summed E-state index contributed by atoms with van der Waals surface area (Å²) in [6.07, 6.45) is 82.4. The number of carboxylic acid groups (broad SMARTS) is 1. The highest BCUT2D eigenvalue weighted by Gasteiger charge is 2.22. The van der Waals surface area contributed by atoms with Crippen LogP contribution in [0.2, 0.25) is 0 Å². The van der Waals surface area contributed by atoms with Crippen molar-refractivity contribution in [3.63, 3.8) is 0 Å². The zero-order valence-electron chi connectivity index (χ0n) is 53.1. The first-order valence-electron chi connectivity index (χ1n) is 33.4. The number of carbonyl (C=O) groups is 3. The van der Waals surface area contributed by atoms with Gasteiger partial charge in [-0.25, -0.2) is 0 Å². The van der Waals surface area contributed by atoms with Crippen LogP contribution in [0.15, 0.2) is 97.2 Å². The van der Waals surface area contributed by atoms with E-state index in [1.807, 2.05) is 33.3 Å². The highest BCUT2D eigenvalue weighted by molar-refractivity contribution is 5.70. The molecule has 0 aliphatic carbocycles. The van der Waals surface area contributed by atoms with Gasteiger partial charge in [0.2, 0.25) is 0 Å². The predicted octanol–water partition coefficient (Wildman–Crippen LogP) is 19.1. The molecule has 0 heterocycles. The number of carbonyl (C=O) groups excluding carboxylic acids is 3. The summed E-state index contributed by atoms with van der Waals surface area (Å²) in [6, 6.07) is 0. The first-order chi connectivity index (χ1) is 39.6. The molecule has 0 spiro atoms. The van der Waals surface area contributed by atoms with Crippen molar-refractivity contribution in [2.24, 2.45) is 0 Å². The van der Waals surface area contributed by atoms with Gasteiger partial charge in [0.15, 0.2) is 12.4 Å². The van der Waals surface area contributed by atoms with Crippen molar-refractivity contribution in [3.05, 3.63) is 97.2 Å². The molecule has 9 nitrogen and oxygen atoms in total. The molecule has 0 radical (unpaired) electrons. The van der Waals surface area contributed by atoms with Crippen LogP contribution in [0.5, 0.6) is 0 Å². The summed E-state index contributed by atoms with van der Waals surface area (Å²) in [6.45, 7) is 4.55. The van der Waals surface area contributed by atoms with Gasteiger partial charge in [0.1, 0.15) is 13.2 Å². The minimum absolute atomic E-state index is 0.120. The maximum absolute atomic E-state index is 12.8. The minimum Gasteiger partial charge on any atom is -0.545 e. The topological polar surface area (TPSA) is 111 Å². The van der Waals surface area contributed by atoms with Gasteiger partial charge in [-0.3, -0.25) is 9.59 Å². The highest BCUT2D eigenvalue weighted by atomic mass is 16.7. The third-order valence-corrected chi connectivity index (χ3v) is 14.3. The van der Waals surface area contributed by atoms with Gasteiger partial charge in [-0.15, -0.1) is 0 Å². The number of carboxylic acids is 1. The summed E-state index contributed by atoms with van der Waals surface area (Å²) < 4.78 is 22.6. The molecule has 9 heteroatoms. The monoisotopic (exact) mass is 1130 g/mol. The number of ether oxygens (including phenoxy) is 4. The molecule has 0 aromatic rings. The molecule has 466 valence electrons. The lowest BCUT2D eigenvalue weighted by atomic mass is 10.0. The van der Waals surface area contributed by atoms with Gasteiger partial charge in [0.05, 0.1) is 40.3 Å². The Morgan fingerprint density at radius 3 is 1.10 bits per heavy atom. The molecule has 0 saturated heterocycles. The Morgan fingerprint density at radius 1 is 0.383 bits per heavy atom. The predicted molar refractivity (Wildman–Crippen MR) is 343 cm³/mol. The molecule has 0 saturated carbocycles. The van der Waals surface area contributed by atoms with E-state index in [1.54, 1.807) is 0 Å². The molecular formula is C72H125NO8. The van der Waals surface area contributed by atoms with Crippen molar-refractivity contribution in [1.29, 1.82) is 0 Å². The number of unbranched alkanes of at least 4 members (excludes halogenated alkanes) is 30. The largest absolute Gasteiger partial charge is 0.545 e. The maximum atomic E-state index is 12.8. The Kier molecular flexibility index (Phi) is 59.3. The zero-order chi connectivity index (χ0) is 59.1. The standard InChI is InChI=1S/C72H125NO8/c1-6-8-10-12-14-16-18-20-22-24-26-27-28-29-30-31-32-33-34-35-36-37-38-39-40-41-42-43-45-46-48-50-52-54-56-58-60-62-69(74)79-66-68(67-80-72(71(76)77)78-65-64-73(3,4)5)81-70(75)63-61-59-57-55-53-51-49-47-44-25-23-21-19-17-15-13-11-9-7-2/h9,11,15,17-18,20-21,23-24,26,44,47,51,53,57,59,68,72H,6-8,10,12-14,16,19,22,25,27-43,45-46,48-50,52,54-56,58,60-67H2,1-5H3/b11-9-,17-15-,20-18-,23-21-,26-24-,47-44-,53-51-,59-57-. The van der Waals surface area contributed by atoms with E-state index in [0.29, 0.717) is 17.4 Å². The normalized spacial score (nSPS) is 13.3. The first kappa shape index (κ1) is 77.2. The molecule has 0 amide bonds. The fourth-order valence-corrected chi connectivity index (χ4v) is 9.24. The number of esters is 2. The second-order valence-electron chi connectivity index (χ2n) is 23.4. The maximum Gasteiger partial charge on any atom is 0.306 e. The van der Waals surface area contributed by atoms with Gasteiger partial charge >= 0.3 is 11.9 Å². The van der Waals surface area contributed by atoms with Crippen molar-refractivity contribution < 1.29 is 42.9 Å². The molecule has 0 rings (SSSR count). The fourth-order valence-electron chi connectivity index (χ4n) is 9.24. The second kappa shape index (κ2) is 62.3. The fraction of sp³-hybridized carbons (Fsp3) is 0.736. The van der Waals surface area contributed by atoms with Crippen molar-refractivity contribution in [1.82, 2.24) is 0 Å². The SMILES string of the molecule is CC/C=C\C/C=C\C/C=C\C/C=C\C/C=C\C/C=C\CCC(=O)OC(COC(=O)CCCCCCCCCCCCCCCCCCCCCCCCCCC/C=C\C/C=C\CCCCCCC)COC(OCC[N+](C)(C)C)C(=O)[O-]. The summed E-state index contributed by atoms with van der Waals surface area (Å²) in [5, 5.41) is 11.8. The molecule has 0 bridgehead atoms. The van der Waals surface area contributed by atoms with Crippen LogP contribution < -0.4 is 5.11 Å². The summed E-state index contributed by atoms with van der Waals surface area (Å²) in [4.78, 5) is 37.3. The van der Waals surface area contributed by atoms with Gasteiger partial charge in [-0.1, -0.05) is 284 Å². The molecule has 2 unspecified atom stereocenters. The Bertz CT molecular complexity index is 1650. The van der Waals surface area contributed by atoms with Crippen LogP contribution in [0.3, 0.4) is 0 Å². The van der Waals surface area contributed by atoms with Crippen LogP contribution >= 0.6 is 0 Å². The summed E-state index contributed by atoms with van der Waals surface area (Å²) >= 11 is 0. The number of quaternary nitrogens is 1. The van der Waals surface area contributed by atoms with E-state index in [4.69, 9.17) is 18.9 Å². The number of nitrogens with zero attached hydrogens (tertiary/aromatic N) is 1. The number of likely N-dealkylation sites (N-methyl/N-ethyl adjacent to an activating group) is 1. The van der Waals surface area contributed by atoms with Crippen molar-refractivity contribution in [2.75, 3.05) is 47.5 Å². The van der Waals surface area contributed by atoms with Gasteiger partial charge in [0, 0.05) is 12.8 Å². The molecule has 81 heavy (non-hydrogen) atoms. The highest BCUT2D eigenvalue weighted by Crippen LogP contribution is 2.17. The van der Waals surface area contributed by atoms with Gasteiger partial charge in [0.25, 0.3) is 0 Å². The Morgan fingerprint density at radius 2 is 0.728 bits per heavy atom. The minimum atomic E-state index is -1.65. The first-order valence-corrected chi connectivity index (χ1v) is 33.4. The van der Waals surface area contributed by atoms with E-state index in [1.165, 1.54) is 186 Å². The lowest BCUT2D eigenvalue weighted by Gasteiger charge is -2.26. The van der Waals surface area contributed by atoms with Crippen LogP contribution in [-0.2, 0) is 33.3 Å². The van der Waals surface area contributed by atoms with E-state index in [-0.39, 0.29) is 38.6 Å². The van der Waals surface area contributed by atoms with Crippen molar-refractivity contribution in [2.45, 2.75) is 296 Å². The average molecular weight is 1130 g/mol. The molecule has 2 atom stereocenters. The summed E-state index contributed by atoms with van der Waals surface area (Å²) in [5.74, 6) is -2.39. The van der Waals surface area contributed by atoms with Crippen LogP contribution in [0.1, 0.15) is 284 Å². The van der Waals surface area contributed by atoms with Crippen LogP contribution in [-0.4, -0.2) is 82.3 Å². The van der Waals surface area contributed by atoms with E-state index in [2.05, 4.69) is 98.9 Å². The molecule has 0 aromatic carbocycles. The average Bonchev–Trinajstić information content (AvgIpc) is 3.44. The lowest BCUT2D eigenvalue weighted by molar-refractivity contribution is -0.870. The molecule has 0 aliphatic rings. The summed E-state index contributed by atoms with van der Waals surface area (Å²) in [5.41, 5.74) is 0. The van der Waals surface area contributed by atoms with Crippen molar-refractivity contribution >= 4 is 17.9 Å². The molecule has 0 N–H and O–H groups in total. The lowest BCUT2D eigenvalue weighted by Crippen LogP contribution is -2.44. The number of hydrogen-bond acceptors (Lipinski definition) is 8. The molecule has 0 aliphatic heterocycles. The third-order valence-electron chi connectivity index (χ3n) is 14.3. The number of aliphatic carboxylic acids is 1.